The number of carbonyl (C=O) groups is 1. The van der Waals surface area contributed by atoms with Crippen LogP contribution in [0.3, 0.4) is 0 Å². The Labute approximate surface area is 200 Å². The van der Waals surface area contributed by atoms with E-state index in [0.29, 0.717) is 50.8 Å². The van der Waals surface area contributed by atoms with Crippen LogP contribution in [-0.2, 0) is 4.74 Å². The van der Waals surface area contributed by atoms with Crippen LogP contribution in [0.15, 0.2) is 45.6 Å². The molecule has 8 nitrogen and oxygen atoms in total. The van der Waals surface area contributed by atoms with Crippen LogP contribution >= 0.6 is 0 Å². The Morgan fingerprint density at radius 3 is 2.34 bits per heavy atom. The monoisotopic (exact) mass is 484 g/mol. The van der Waals surface area contributed by atoms with E-state index in [9.17, 15) is 18.4 Å². The predicted molar refractivity (Wildman–Crippen MR) is 130 cm³/mol. The highest BCUT2D eigenvalue weighted by molar-refractivity contribution is 6.03. The van der Waals surface area contributed by atoms with E-state index in [-0.39, 0.29) is 22.4 Å². The van der Waals surface area contributed by atoms with Crippen molar-refractivity contribution in [2.75, 3.05) is 74.6 Å². The van der Waals surface area contributed by atoms with Crippen molar-refractivity contribution in [3.05, 3.63) is 64.0 Å². The van der Waals surface area contributed by atoms with Gasteiger partial charge in [-0.2, -0.15) is 0 Å². The van der Waals surface area contributed by atoms with E-state index in [1.54, 1.807) is 12.1 Å². The lowest BCUT2D eigenvalue weighted by atomic mass is 10.1. The standard InChI is InChI=1S/C25H26F2N4O4/c1-29-4-6-30(7-5-29)21-13-16(26)12-18-22(32)15-23(35-24(18)21)25(33)28-17-2-3-20(19(27)14-17)31-8-10-34-11-9-31/h2-3,12-15H,4-11H2,1H3,(H,28,33). The molecule has 0 bridgehead atoms. The summed E-state index contributed by atoms with van der Waals surface area (Å²) in [5, 5.41) is 2.65. The average molecular weight is 485 g/mol. The van der Waals surface area contributed by atoms with Crippen molar-refractivity contribution in [2.24, 2.45) is 0 Å². The van der Waals surface area contributed by atoms with E-state index >= 15 is 0 Å². The Morgan fingerprint density at radius 1 is 0.914 bits per heavy atom. The summed E-state index contributed by atoms with van der Waals surface area (Å²) in [5.74, 6) is -1.96. The number of fused-ring (bicyclic) bond motifs is 1. The van der Waals surface area contributed by atoms with Gasteiger partial charge in [0, 0.05) is 57.1 Å². The topological polar surface area (TPSA) is 78.3 Å². The number of benzene rings is 2. The molecule has 0 atom stereocenters. The molecule has 10 heteroatoms. The van der Waals surface area contributed by atoms with Gasteiger partial charge in [-0.25, -0.2) is 8.78 Å². The lowest BCUT2D eigenvalue weighted by molar-refractivity contribution is 0.0997. The Hall–Kier alpha value is -3.50. The highest BCUT2D eigenvalue weighted by atomic mass is 19.1. The van der Waals surface area contributed by atoms with Gasteiger partial charge in [0.25, 0.3) is 5.91 Å². The normalized spacial score (nSPS) is 17.1. The first kappa shape index (κ1) is 23.3. The molecule has 0 radical (unpaired) electrons. The molecule has 2 fully saturated rings. The summed E-state index contributed by atoms with van der Waals surface area (Å²) in [6.45, 7) is 5.02. The Morgan fingerprint density at radius 2 is 1.63 bits per heavy atom. The summed E-state index contributed by atoms with van der Waals surface area (Å²) < 4.78 is 40.2. The quantitative estimate of drug-likeness (QED) is 0.610. The van der Waals surface area contributed by atoms with Crippen LogP contribution in [0.2, 0.25) is 0 Å². The first-order chi connectivity index (χ1) is 16.9. The largest absolute Gasteiger partial charge is 0.448 e. The van der Waals surface area contributed by atoms with Crippen LogP contribution in [0.4, 0.5) is 25.8 Å². The third kappa shape index (κ3) is 4.85. The molecule has 1 N–H and O–H groups in total. The fourth-order valence-corrected chi connectivity index (χ4v) is 4.44. The molecule has 5 rings (SSSR count). The van der Waals surface area contributed by atoms with Gasteiger partial charge < -0.3 is 29.2 Å². The number of hydrogen-bond donors (Lipinski definition) is 1. The third-order valence-corrected chi connectivity index (χ3v) is 6.40. The van der Waals surface area contributed by atoms with E-state index in [1.165, 1.54) is 12.1 Å². The molecule has 2 aromatic carbocycles. The third-order valence-electron chi connectivity index (χ3n) is 6.40. The average Bonchev–Trinajstić information content (AvgIpc) is 2.85. The number of morpholine rings is 1. The molecule has 2 aliphatic rings. The second-order valence-corrected chi connectivity index (χ2v) is 8.79. The fourth-order valence-electron chi connectivity index (χ4n) is 4.44. The van der Waals surface area contributed by atoms with Crippen molar-refractivity contribution < 1.29 is 22.7 Å². The molecule has 3 heterocycles. The number of hydrogen-bond acceptors (Lipinski definition) is 7. The first-order valence-electron chi connectivity index (χ1n) is 11.5. The van der Waals surface area contributed by atoms with Crippen molar-refractivity contribution in [3.8, 4) is 0 Å². The van der Waals surface area contributed by atoms with Gasteiger partial charge in [-0.1, -0.05) is 0 Å². The minimum absolute atomic E-state index is 0.0661. The van der Waals surface area contributed by atoms with Gasteiger partial charge in [-0.05, 0) is 31.3 Å². The predicted octanol–water partition coefficient (Wildman–Crippen LogP) is 2.91. The molecule has 1 aromatic heterocycles. The summed E-state index contributed by atoms with van der Waals surface area (Å²) in [6, 6.07) is 7.88. The van der Waals surface area contributed by atoms with Gasteiger partial charge in [0.15, 0.2) is 16.8 Å². The number of halogens is 2. The summed E-state index contributed by atoms with van der Waals surface area (Å²) >= 11 is 0. The van der Waals surface area contributed by atoms with Gasteiger partial charge in [0.2, 0.25) is 0 Å². The van der Waals surface area contributed by atoms with Crippen LogP contribution in [-0.4, -0.2) is 70.3 Å². The zero-order valence-electron chi connectivity index (χ0n) is 19.4. The summed E-state index contributed by atoms with van der Waals surface area (Å²) in [6.07, 6.45) is 0. The Bertz CT molecular complexity index is 1310. The Kier molecular flexibility index (Phi) is 6.40. The maximum Gasteiger partial charge on any atom is 0.291 e. The van der Waals surface area contributed by atoms with Gasteiger partial charge >= 0.3 is 0 Å². The number of carbonyl (C=O) groups excluding carboxylic acids is 1. The van der Waals surface area contributed by atoms with Crippen LogP contribution in [0, 0.1) is 11.6 Å². The molecule has 3 aromatic rings. The van der Waals surface area contributed by atoms with Crippen LogP contribution < -0.4 is 20.5 Å². The second kappa shape index (κ2) is 9.63. The molecule has 2 aliphatic heterocycles. The van der Waals surface area contributed by atoms with E-state index in [2.05, 4.69) is 10.2 Å². The Balaban J connectivity index is 1.43. The van der Waals surface area contributed by atoms with E-state index in [0.717, 1.165) is 25.2 Å². The number of amides is 1. The molecule has 1 amide bonds. The SMILES string of the molecule is CN1CCN(c2cc(F)cc3c(=O)cc(C(=O)Nc4ccc(N5CCOCC5)c(F)c4)oc23)CC1. The van der Waals surface area contributed by atoms with Gasteiger partial charge in [0.1, 0.15) is 11.6 Å². The number of likely N-dealkylation sites (N-methyl/N-ethyl adjacent to an activating group) is 1. The van der Waals surface area contributed by atoms with Crippen LogP contribution in [0.5, 0.6) is 0 Å². The van der Waals surface area contributed by atoms with Gasteiger partial charge in [-0.3, -0.25) is 9.59 Å². The van der Waals surface area contributed by atoms with Crippen LogP contribution in [0.1, 0.15) is 10.6 Å². The highest BCUT2D eigenvalue weighted by Crippen LogP contribution is 2.29. The molecule has 2 saturated heterocycles. The maximum absolute atomic E-state index is 14.7. The van der Waals surface area contributed by atoms with E-state index < -0.39 is 23.0 Å². The smallest absolute Gasteiger partial charge is 0.291 e. The second-order valence-electron chi connectivity index (χ2n) is 8.79. The first-order valence-corrected chi connectivity index (χ1v) is 11.5. The molecule has 0 aliphatic carbocycles. The van der Waals surface area contributed by atoms with Crippen molar-refractivity contribution >= 4 is 33.9 Å². The van der Waals surface area contributed by atoms with Crippen molar-refractivity contribution in [2.45, 2.75) is 0 Å². The maximum atomic E-state index is 14.7. The molecule has 0 saturated carbocycles. The highest BCUT2D eigenvalue weighted by Gasteiger charge is 2.22. The number of nitrogens with zero attached hydrogens (tertiary/aromatic N) is 3. The lowest BCUT2D eigenvalue weighted by Gasteiger charge is -2.34. The number of nitrogens with one attached hydrogen (secondary N) is 1. The van der Waals surface area contributed by atoms with E-state index in [1.807, 2.05) is 16.8 Å². The number of ether oxygens (including phenoxy) is 1. The summed E-state index contributed by atoms with van der Waals surface area (Å²) in [7, 11) is 2.00. The number of anilines is 3. The number of rotatable bonds is 4. The molecule has 0 unspecified atom stereocenters. The molecule has 0 spiro atoms. The summed E-state index contributed by atoms with van der Waals surface area (Å²) in [5.41, 5.74) is 0.719. The minimum atomic E-state index is -0.698. The fraction of sp³-hybridized carbons (Fsp3) is 0.360. The zero-order chi connectivity index (χ0) is 24.5. The van der Waals surface area contributed by atoms with E-state index in [4.69, 9.17) is 9.15 Å². The number of piperazine rings is 1. The van der Waals surface area contributed by atoms with Crippen molar-refractivity contribution in [1.82, 2.24) is 4.90 Å². The van der Waals surface area contributed by atoms with Crippen molar-refractivity contribution in [3.63, 3.8) is 0 Å². The van der Waals surface area contributed by atoms with Crippen molar-refractivity contribution in [1.29, 1.82) is 0 Å². The molecular formula is C25H26F2N4O4. The minimum Gasteiger partial charge on any atom is -0.448 e. The zero-order valence-corrected chi connectivity index (χ0v) is 19.4. The molecule has 184 valence electrons. The van der Waals surface area contributed by atoms with Crippen LogP contribution in [0.25, 0.3) is 11.0 Å². The molecule has 35 heavy (non-hydrogen) atoms. The summed E-state index contributed by atoms with van der Waals surface area (Å²) in [4.78, 5) is 31.6. The van der Waals surface area contributed by atoms with Gasteiger partial charge in [0.05, 0.1) is 30.0 Å². The van der Waals surface area contributed by atoms with Gasteiger partial charge in [-0.15, -0.1) is 0 Å². The lowest BCUT2D eigenvalue weighted by Crippen LogP contribution is -2.44. The molecular weight excluding hydrogens is 458 g/mol.